The number of amides is 3. The van der Waals surface area contributed by atoms with E-state index >= 15 is 0 Å². The molecule has 3 saturated heterocycles. The number of hydrogen-bond acceptors (Lipinski definition) is 11. The molecule has 15 nitrogen and oxygen atoms in total. The molecule has 0 spiro atoms. The van der Waals surface area contributed by atoms with Crippen LogP contribution < -0.4 is 11.1 Å². The van der Waals surface area contributed by atoms with Gasteiger partial charge < -0.3 is 40.5 Å². The van der Waals surface area contributed by atoms with Gasteiger partial charge in [-0.3, -0.25) is 14.2 Å². The van der Waals surface area contributed by atoms with Crippen LogP contribution >= 0.6 is 0 Å². The Hall–Kier alpha value is -4.00. The molecular weight excluding hydrogens is 560 g/mol. The van der Waals surface area contributed by atoms with Crippen LogP contribution in [-0.4, -0.2) is 115 Å². The van der Waals surface area contributed by atoms with Gasteiger partial charge in [0.1, 0.15) is 17.7 Å². The molecule has 0 aromatic carbocycles. The van der Waals surface area contributed by atoms with Crippen LogP contribution in [-0.2, 0) is 19.1 Å². The highest BCUT2D eigenvalue weighted by atomic mass is 16.6. The molecule has 5 heterocycles. The van der Waals surface area contributed by atoms with Gasteiger partial charge in [-0.1, -0.05) is 5.92 Å². The first-order valence-corrected chi connectivity index (χ1v) is 14.6. The second kappa shape index (κ2) is 11.9. The first-order chi connectivity index (χ1) is 20.7. The molecule has 43 heavy (non-hydrogen) atoms. The van der Waals surface area contributed by atoms with Gasteiger partial charge in [0.25, 0.3) is 5.91 Å². The Labute approximate surface area is 247 Å². The Morgan fingerprint density at radius 2 is 1.93 bits per heavy atom. The number of rotatable bonds is 6. The average Bonchev–Trinajstić information content (AvgIpc) is 3.49. The molecule has 0 bridgehead atoms. The summed E-state index contributed by atoms with van der Waals surface area (Å²) in [7, 11) is 1.75. The van der Waals surface area contributed by atoms with E-state index in [1.807, 2.05) is 0 Å². The van der Waals surface area contributed by atoms with Crippen molar-refractivity contribution in [1.29, 1.82) is 0 Å². The molecule has 4 aliphatic rings. The number of imidazole rings is 1. The van der Waals surface area contributed by atoms with Crippen molar-refractivity contribution < 1.29 is 34.1 Å². The van der Waals surface area contributed by atoms with Crippen molar-refractivity contribution in [3.05, 3.63) is 12.2 Å². The lowest BCUT2D eigenvalue weighted by atomic mass is 9.94. The lowest BCUT2D eigenvalue weighted by Crippen LogP contribution is -2.43. The van der Waals surface area contributed by atoms with Gasteiger partial charge >= 0.3 is 6.09 Å². The maximum Gasteiger partial charge on any atom is 0.409 e. The molecule has 5 N–H and O–H groups in total. The van der Waals surface area contributed by atoms with Gasteiger partial charge in [0.2, 0.25) is 11.7 Å². The standard InChI is InChI=1S/C28H36N8O7/c1-34-12-16(11-19(34)37)13-42-28(41)35-9-7-15(8-10-35)3-2-4-18-32-24(29)20-25(33-18)36(14-30-20)27-22(39)21(38)23(43-27)26(40)31-17-5-6-17/h14-17,21-23,27,38-39H,3,5-13H2,1H3,(H,31,40)(H2,29,32,33)/t16?,21?,22-,23-,27+/m0/s1. The predicted molar refractivity (Wildman–Crippen MR) is 150 cm³/mol. The number of carbonyl (C=O) groups is 3. The monoisotopic (exact) mass is 596 g/mol. The zero-order valence-corrected chi connectivity index (χ0v) is 23.9. The lowest BCUT2D eigenvalue weighted by Gasteiger charge is -2.30. The average molecular weight is 597 g/mol. The zero-order valence-electron chi connectivity index (χ0n) is 23.9. The second-order valence-electron chi connectivity index (χ2n) is 11.8. The fraction of sp³-hybridized carbons (Fsp3) is 0.643. The summed E-state index contributed by atoms with van der Waals surface area (Å²) in [5, 5.41) is 24.0. The summed E-state index contributed by atoms with van der Waals surface area (Å²) in [6, 6.07) is 0.0781. The van der Waals surface area contributed by atoms with E-state index in [1.165, 1.54) is 10.9 Å². The third-order valence-electron chi connectivity index (χ3n) is 8.47. The van der Waals surface area contributed by atoms with E-state index in [1.54, 1.807) is 16.8 Å². The highest BCUT2D eigenvalue weighted by Crippen LogP contribution is 2.33. The van der Waals surface area contributed by atoms with Gasteiger partial charge in [-0.05, 0) is 37.5 Å². The minimum atomic E-state index is -1.42. The van der Waals surface area contributed by atoms with E-state index < -0.39 is 30.4 Å². The van der Waals surface area contributed by atoms with Crippen molar-refractivity contribution in [1.82, 2.24) is 34.6 Å². The number of hydrogen-bond donors (Lipinski definition) is 4. The van der Waals surface area contributed by atoms with Crippen LogP contribution in [0, 0.1) is 23.7 Å². The maximum atomic E-state index is 12.5. The van der Waals surface area contributed by atoms with Crippen LogP contribution in [0.25, 0.3) is 11.2 Å². The molecule has 2 aromatic heterocycles. The van der Waals surface area contributed by atoms with Crippen molar-refractivity contribution in [3.63, 3.8) is 0 Å². The van der Waals surface area contributed by atoms with Crippen molar-refractivity contribution >= 4 is 34.9 Å². The normalized spacial score (nSPS) is 27.8. The van der Waals surface area contributed by atoms with Crippen LogP contribution in [0.1, 0.15) is 50.6 Å². The van der Waals surface area contributed by atoms with Crippen molar-refractivity contribution in [3.8, 4) is 11.8 Å². The highest BCUT2D eigenvalue weighted by Gasteiger charge is 2.48. The second-order valence-corrected chi connectivity index (χ2v) is 11.8. The summed E-state index contributed by atoms with van der Waals surface area (Å²) in [5.41, 5.74) is 6.67. The number of carbonyl (C=O) groups excluding carboxylic acids is 3. The Morgan fingerprint density at radius 3 is 2.63 bits per heavy atom. The molecular formula is C28H36N8O7. The number of aliphatic hydroxyl groups excluding tert-OH is 2. The maximum absolute atomic E-state index is 12.5. The Morgan fingerprint density at radius 1 is 1.16 bits per heavy atom. The van der Waals surface area contributed by atoms with E-state index in [0.29, 0.717) is 32.5 Å². The summed E-state index contributed by atoms with van der Waals surface area (Å²) < 4.78 is 12.6. The van der Waals surface area contributed by atoms with Gasteiger partial charge in [-0.25, -0.2) is 19.7 Å². The molecule has 15 heteroatoms. The Kier molecular flexibility index (Phi) is 8.08. The van der Waals surface area contributed by atoms with E-state index in [-0.39, 0.29) is 59.3 Å². The number of nitrogens with two attached hydrogens (primary N) is 1. The highest BCUT2D eigenvalue weighted by molar-refractivity contribution is 5.83. The van der Waals surface area contributed by atoms with Gasteiger partial charge in [0.15, 0.2) is 23.8 Å². The first-order valence-electron chi connectivity index (χ1n) is 14.6. The SMILES string of the molecule is CN1CC(COC(=O)N2CCC(CC#Cc3nc(N)c4ncn([C@@H]5O[C@H](C(=O)NC6CC6)C(O)[C@@H]5O)c4n3)CC2)CC1=O. The summed E-state index contributed by atoms with van der Waals surface area (Å²) in [6.45, 7) is 1.99. The summed E-state index contributed by atoms with van der Waals surface area (Å²) >= 11 is 0. The molecule has 1 saturated carbocycles. The number of nitrogens with one attached hydrogen (secondary N) is 1. The molecule has 3 amide bonds. The van der Waals surface area contributed by atoms with Gasteiger partial charge in [-0.15, -0.1) is 0 Å². The summed E-state index contributed by atoms with van der Waals surface area (Å²) in [5.74, 6) is 6.27. The Balaban J connectivity index is 1.04. The minimum absolute atomic E-state index is 0.0427. The number of anilines is 1. The van der Waals surface area contributed by atoms with Gasteiger partial charge in [0.05, 0.1) is 12.9 Å². The van der Waals surface area contributed by atoms with Crippen molar-refractivity contribution in [2.24, 2.45) is 11.8 Å². The number of fused-ring (bicyclic) bond motifs is 1. The largest absolute Gasteiger partial charge is 0.449 e. The van der Waals surface area contributed by atoms with Crippen molar-refractivity contribution in [2.45, 2.75) is 69.1 Å². The van der Waals surface area contributed by atoms with Crippen molar-refractivity contribution in [2.75, 3.05) is 39.0 Å². The fourth-order valence-electron chi connectivity index (χ4n) is 5.74. The number of ether oxygens (including phenoxy) is 2. The lowest BCUT2D eigenvalue weighted by molar-refractivity contribution is -0.137. The molecule has 2 unspecified atom stereocenters. The van der Waals surface area contributed by atoms with Crippen LogP contribution in [0.2, 0.25) is 0 Å². The molecule has 2 aromatic rings. The number of aliphatic hydroxyl groups is 2. The topological polar surface area (TPSA) is 198 Å². The van der Waals surface area contributed by atoms with Gasteiger partial charge in [-0.2, -0.15) is 0 Å². The number of nitrogen functional groups attached to an aromatic ring is 1. The van der Waals surface area contributed by atoms with E-state index in [2.05, 4.69) is 32.1 Å². The van der Waals surface area contributed by atoms with E-state index in [0.717, 1.165) is 25.7 Å². The van der Waals surface area contributed by atoms with Crippen LogP contribution in [0.5, 0.6) is 0 Å². The quantitative estimate of drug-likeness (QED) is 0.310. The molecule has 3 aliphatic heterocycles. The van der Waals surface area contributed by atoms with Crippen LogP contribution in [0.4, 0.5) is 10.6 Å². The number of likely N-dealkylation sites (tertiary alicyclic amines) is 2. The third kappa shape index (κ3) is 6.22. The molecule has 5 atom stereocenters. The van der Waals surface area contributed by atoms with Crippen LogP contribution in [0.15, 0.2) is 6.33 Å². The summed E-state index contributed by atoms with van der Waals surface area (Å²) in [4.78, 5) is 53.0. The number of piperidine rings is 1. The molecule has 4 fully saturated rings. The predicted octanol–water partition coefficient (Wildman–Crippen LogP) is -0.625. The first kappa shape index (κ1) is 29.1. The fourth-order valence-corrected chi connectivity index (χ4v) is 5.74. The number of aromatic nitrogens is 4. The molecule has 1 aliphatic carbocycles. The summed E-state index contributed by atoms with van der Waals surface area (Å²) in [6.07, 6.45) is 0.168. The zero-order chi connectivity index (χ0) is 30.2. The third-order valence-corrected chi connectivity index (χ3v) is 8.47. The molecule has 6 rings (SSSR count). The van der Waals surface area contributed by atoms with Gasteiger partial charge in [0, 0.05) is 51.5 Å². The smallest absolute Gasteiger partial charge is 0.409 e. The minimum Gasteiger partial charge on any atom is -0.449 e. The van der Waals surface area contributed by atoms with E-state index in [4.69, 9.17) is 15.2 Å². The molecule has 0 radical (unpaired) electrons. The Bertz CT molecular complexity index is 1460. The van der Waals surface area contributed by atoms with Crippen LogP contribution in [0.3, 0.4) is 0 Å². The van der Waals surface area contributed by atoms with E-state index in [9.17, 15) is 24.6 Å². The number of nitrogens with zero attached hydrogens (tertiary/aromatic N) is 6. The molecule has 230 valence electrons.